The fourth-order valence-electron chi connectivity index (χ4n) is 1.76. The van der Waals surface area contributed by atoms with E-state index in [0.717, 1.165) is 5.56 Å². The summed E-state index contributed by atoms with van der Waals surface area (Å²) in [5.74, 6) is -0.686. The summed E-state index contributed by atoms with van der Waals surface area (Å²) >= 11 is 0. The summed E-state index contributed by atoms with van der Waals surface area (Å²) in [5, 5.41) is 8.78. The van der Waals surface area contributed by atoms with E-state index in [9.17, 15) is 13.2 Å². The number of sulfonamides is 1. The van der Waals surface area contributed by atoms with Crippen LogP contribution in [0.25, 0.3) is 0 Å². The predicted octanol–water partition coefficient (Wildman–Crippen LogP) is 1.58. The molecule has 2 aromatic rings. The number of hydrogen-bond acceptors (Lipinski definition) is 5. The van der Waals surface area contributed by atoms with Crippen LogP contribution in [0.15, 0.2) is 59.5 Å². The minimum absolute atomic E-state index is 0.0747. The Bertz CT molecular complexity index is 827. The molecule has 0 aliphatic rings. The van der Waals surface area contributed by atoms with Crippen LogP contribution in [-0.2, 0) is 26.2 Å². The van der Waals surface area contributed by atoms with Crippen molar-refractivity contribution in [2.24, 2.45) is 0 Å². The van der Waals surface area contributed by atoms with Gasteiger partial charge in [0.05, 0.1) is 16.5 Å². The zero-order valence-corrected chi connectivity index (χ0v) is 12.9. The minimum atomic E-state index is -3.87. The molecule has 6 nitrogen and oxygen atoms in total. The van der Waals surface area contributed by atoms with Crippen molar-refractivity contribution in [1.82, 2.24) is 4.72 Å². The normalized spacial score (nSPS) is 10.7. The molecule has 0 bridgehead atoms. The molecule has 0 fully saturated rings. The average molecular weight is 330 g/mol. The Balaban J connectivity index is 1.91. The summed E-state index contributed by atoms with van der Waals surface area (Å²) in [7, 11) is -3.87. The van der Waals surface area contributed by atoms with Crippen molar-refractivity contribution in [2.45, 2.75) is 11.5 Å². The first-order valence-corrected chi connectivity index (χ1v) is 8.19. The van der Waals surface area contributed by atoms with Crippen LogP contribution in [0.2, 0.25) is 0 Å². The molecule has 0 saturated heterocycles. The van der Waals surface area contributed by atoms with Crippen molar-refractivity contribution in [3.8, 4) is 6.07 Å². The number of hydrogen-bond donors (Lipinski definition) is 1. The molecule has 0 spiro atoms. The van der Waals surface area contributed by atoms with Crippen LogP contribution in [0.3, 0.4) is 0 Å². The molecule has 0 saturated carbocycles. The van der Waals surface area contributed by atoms with Crippen molar-refractivity contribution in [2.75, 3.05) is 6.54 Å². The molecule has 118 valence electrons. The highest BCUT2D eigenvalue weighted by molar-refractivity contribution is 7.89. The lowest BCUT2D eigenvalue weighted by Crippen LogP contribution is -2.30. The number of esters is 1. The summed E-state index contributed by atoms with van der Waals surface area (Å²) in [6, 6.07) is 16.5. The number of benzene rings is 2. The van der Waals surface area contributed by atoms with Crippen molar-refractivity contribution < 1.29 is 17.9 Å². The van der Waals surface area contributed by atoms with Crippen LogP contribution in [-0.4, -0.2) is 20.9 Å². The third-order valence-corrected chi connectivity index (χ3v) is 4.32. The van der Waals surface area contributed by atoms with Crippen LogP contribution in [0.5, 0.6) is 0 Å². The second-order valence-corrected chi connectivity index (χ2v) is 6.38. The Labute approximate surface area is 134 Å². The first-order chi connectivity index (χ1) is 11.0. The van der Waals surface area contributed by atoms with Crippen molar-refractivity contribution in [3.05, 3.63) is 65.7 Å². The Kier molecular flexibility index (Phi) is 5.46. The molecule has 0 unspecified atom stereocenters. The van der Waals surface area contributed by atoms with Gasteiger partial charge in [-0.05, 0) is 23.8 Å². The Morgan fingerprint density at radius 3 is 2.57 bits per heavy atom. The lowest BCUT2D eigenvalue weighted by Gasteiger charge is -2.08. The molecule has 0 heterocycles. The van der Waals surface area contributed by atoms with Gasteiger partial charge in [-0.3, -0.25) is 4.79 Å². The molecule has 0 aliphatic heterocycles. The molecule has 23 heavy (non-hydrogen) atoms. The molecular formula is C16H14N2O4S. The highest BCUT2D eigenvalue weighted by Gasteiger charge is 2.16. The maximum Gasteiger partial charge on any atom is 0.321 e. The zero-order chi connectivity index (χ0) is 16.7. The van der Waals surface area contributed by atoms with Crippen LogP contribution in [0, 0.1) is 11.3 Å². The lowest BCUT2D eigenvalue weighted by atomic mass is 10.2. The van der Waals surface area contributed by atoms with Gasteiger partial charge in [-0.2, -0.15) is 9.98 Å². The number of nitrogens with one attached hydrogen (secondary N) is 1. The summed E-state index contributed by atoms with van der Waals surface area (Å²) < 4.78 is 31.2. The monoisotopic (exact) mass is 330 g/mol. The molecule has 1 N–H and O–H groups in total. The summed E-state index contributed by atoms with van der Waals surface area (Å²) in [5.41, 5.74) is 1.03. The van der Waals surface area contributed by atoms with Gasteiger partial charge in [0.2, 0.25) is 10.0 Å². The number of nitriles is 1. The van der Waals surface area contributed by atoms with Gasteiger partial charge in [-0.15, -0.1) is 0 Å². The molecule has 0 aliphatic carbocycles. The maximum absolute atomic E-state index is 12.1. The fourth-order valence-corrected chi connectivity index (χ4v) is 2.77. The number of carbonyl (C=O) groups is 1. The van der Waals surface area contributed by atoms with E-state index in [4.69, 9.17) is 10.00 Å². The van der Waals surface area contributed by atoms with Gasteiger partial charge in [-0.25, -0.2) is 8.42 Å². The lowest BCUT2D eigenvalue weighted by molar-refractivity contribution is -0.143. The summed E-state index contributed by atoms with van der Waals surface area (Å²) in [6.07, 6.45) is 0. The molecule has 2 aromatic carbocycles. The van der Waals surface area contributed by atoms with E-state index in [1.165, 1.54) is 24.3 Å². The molecule has 0 aromatic heterocycles. The predicted molar refractivity (Wildman–Crippen MR) is 82.6 cm³/mol. The SMILES string of the molecule is N#Cc1cccc(S(=O)(=O)NCC(=O)OCc2ccccc2)c1. The summed E-state index contributed by atoms with van der Waals surface area (Å²) in [4.78, 5) is 11.5. The van der Waals surface area contributed by atoms with E-state index in [-0.39, 0.29) is 17.1 Å². The van der Waals surface area contributed by atoms with Crippen molar-refractivity contribution >= 4 is 16.0 Å². The molecule has 2 rings (SSSR count). The van der Waals surface area contributed by atoms with Gasteiger partial charge in [0, 0.05) is 0 Å². The van der Waals surface area contributed by atoms with Crippen LogP contribution in [0.4, 0.5) is 0 Å². The average Bonchev–Trinajstić information content (AvgIpc) is 2.59. The molecular weight excluding hydrogens is 316 g/mol. The second kappa shape index (κ2) is 7.54. The Hall–Kier alpha value is -2.69. The third kappa shape index (κ3) is 4.92. The Morgan fingerprint density at radius 2 is 1.87 bits per heavy atom. The van der Waals surface area contributed by atoms with Gasteiger partial charge in [0.1, 0.15) is 13.2 Å². The largest absolute Gasteiger partial charge is 0.460 e. The smallest absolute Gasteiger partial charge is 0.321 e. The first kappa shape index (κ1) is 16.7. The minimum Gasteiger partial charge on any atom is -0.460 e. The first-order valence-electron chi connectivity index (χ1n) is 6.70. The van der Waals surface area contributed by atoms with E-state index in [1.807, 2.05) is 24.3 Å². The molecule has 0 atom stereocenters. The molecule has 0 amide bonds. The van der Waals surface area contributed by atoms with E-state index >= 15 is 0 Å². The quantitative estimate of drug-likeness (QED) is 0.811. The molecule has 7 heteroatoms. The van der Waals surface area contributed by atoms with Gasteiger partial charge in [0.15, 0.2) is 0 Å². The van der Waals surface area contributed by atoms with Crippen LogP contribution < -0.4 is 4.72 Å². The Morgan fingerprint density at radius 1 is 1.13 bits per heavy atom. The zero-order valence-electron chi connectivity index (χ0n) is 12.1. The van der Waals surface area contributed by atoms with Crippen LogP contribution >= 0.6 is 0 Å². The summed E-state index contributed by atoms with van der Waals surface area (Å²) in [6.45, 7) is -0.405. The standard InChI is InChI=1S/C16H14N2O4S/c17-10-14-7-4-8-15(9-14)23(20,21)18-11-16(19)22-12-13-5-2-1-3-6-13/h1-9,18H,11-12H2. The fraction of sp³-hybridized carbons (Fsp3) is 0.125. The van der Waals surface area contributed by atoms with E-state index in [1.54, 1.807) is 12.1 Å². The van der Waals surface area contributed by atoms with E-state index < -0.39 is 22.5 Å². The van der Waals surface area contributed by atoms with Crippen molar-refractivity contribution in [3.63, 3.8) is 0 Å². The van der Waals surface area contributed by atoms with Gasteiger partial charge >= 0.3 is 5.97 Å². The van der Waals surface area contributed by atoms with Crippen LogP contribution in [0.1, 0.15) is 11.1 Å². The van der Waals surface area contributed by atoms with Gasteiger partial charge in [-0.1, -0.05) is 36.4 Å². The number of ether oxygens (including phenoxy) is 1. The van der Waals surface area contributed by atoms with E-state index in [0.29, 0.717) is 0 Å². The number of nitrogens with zero attached hydrogens (tertiary/aromatic N) is 1. The van der Waals surface area contributed by atoms with Gasteiger partial charge in [0.25, 0.3) is 0 Å². The number of carbonyl (C=O) groups excluding carboxylic acids is 1. The highest BCUT2D eigenvalue weighted by atomic mass is 32.2. The number of rotatable bonds is 6. The molecule has 0 radical (unpaired) electrons. The maximum atomic E-state index is 12.1. The third-order valence-electron chi connectivity index (χ3n) is 2.92. The van der Waals surface area contributed by atoms with E-state index in [2.05, 4.69) is 4.72 Å². The highest BCUT2D eigenvalue weighted by Crippen LogP contribution is 2.10. The topological polar surface area (TPSA) is 96.3 Å². The van der Waals surface area contributed by atoms with Gasteiger partial charge < -0.3 is 4.74 Å². The van der Waals surface area contributed by atoms with Crippen molar-refractivity contribution in [1.29, 1.82) is 5.26 Å². The second-order valence-electron chi connectivity index (χ2n) is 4.61.